The van der Waals surface area contributed by atoms with E-state index < -0.39 is 0 Å². The third kappa shape index (κ3) is 4.85. The summed E-state index contributed by atoms with van der Waals surface area (Å²) >= 11 is 0. The second-order valence-electron chi connectivity index (χ2n) is 9.04. The molecule has 5 rings (SSSR count). The molecule has 2 atom stereocenters. The molecule has 1 fully saturated rings. The fraction of sp³-hybridized carbons (Fsp3) is 0.379. The van der Waals surface area contributed by atoms with Gasteiger partial charge in [0.2, 0.25) is 0 Å². The van der Waals surface area contributed by atoms with Crippen LogP contribution in [0.15, 0.2) is 66.7 Å². The first-order valence-corrected chi connectivity index (χ1v) is 12.1. The van der Waals surface area contributed by atoms with Crippen LogP contribution in [-0.2, 0) is 0 Å². The van der Waals surface area contributed by atoms with E-state index in [1.54, 1.807) is 14.2 Å². The highest BCUT2D eigenvalue weighted by Gasteiger charge is 2.34. The van der Waals surface area contributed by atoms with Crippen molar-refractivity contribution in [1.29, 1.82) is 0 Å². The number of nitrogens with zero attached hydrogens (tertiary/aromatic N) is 1. The van der Waals surface area contributed by atoms with Crippen LogP contribution in [0, 0.1) is 0 Å². The predicted octanol–water partition coefficient (Wildman–Crippen LogP) is 5.49. The highest BCUT2D eigenvalue weighted by molar-refractivity contribution is 5.51. The smallest absolute Gasteiger partial charge is 0.123 e. The molecule has 5 nitrogen and oxygen atoms in total. The lowest BCUT2D eigenvalue weighted by Crippen LogP contribution is -2.25. The molecule has 178 valence electrons. The summed E-state index contributed by atoms with van der Waals surface area (Å²) in [4.78, 5) is 2.47. The van der Waals surface area contributed by atoms with Crippen molar-refractivity contribution in [3.05, 3.63) is 83.4 Å². The number of benzene rings is 3. The number of fused-ring (bicyclic) bond motifs is 1. The fourth-order valence-electron chi connectivity index (χ4n) is 5.16. The number of methoxy groups -OCH3 is 2. The zero-order valence-electron chi connectivity index (χ0n) is 20.0. The summed E-state index contributed by atoms with van der Waals surface area (Å²) < 4.78 is 23.3. The third-order valence-corrected chi connectivity index (χ3v) is 7.01. The molecule has 0 bridgehead atoms. The minimum Gasteiger partial charge on any atom is -0.497 e. The quantitative estimate of drug-likeness (QED) is 0.446. The van der Waals surface area contributed by atoms with Gasteiger partial charge in [-0.1, -0.05) is 24.3 Å². The van der Waals surface area contributed by atoms with Crippen molar-refractivity contribution in [2.75, 3.05) is 47.1 Å². The Balaban J connectivity index is 1.42. The Labute approximate surface area is 202 Å². The van der Waals surface area contributed by atoms with Gasteiger partial charge in [0, 0.05) is 23.9 Å². The van der Waals surface area contributed by atoms with E-state index >= 15 is 0 Å². The van der Waals surface area contributed by atoms with Gasteiger partial charge in [-0.3, -0.25) is 4.90 Å². The summed E-state index contributed by atoms with van der Waals surface area (Å²) in [6.07, 6.45) is 2.61. The maximum Gasteiger partial charge on any atom is 0.123 e. The minimum atomic E-state index is 0.129. The molecule has 3 aromatic rings. The van der Waals surface area contributed by atoms with E-state index in [2.05, 4.69) is 47.4 Å². The van der Waals surface area contributed by atoms with Crippen LogP contribution >= 0.6 is 0 Å². The summed E-state index contributed by atoms with van der Waals surface area (Å²) in [5.74, 6) is 3.80. The van der Waals surface area contributed by atoms with Crippen LogP contribution in [0.4, 0.5) is 0 Å². The molecule has 34 heavy (non-hydrogen) atoms. The first-order chi connectivity index (χ1) is 16.7. The molecule has 3 aromatic carbocycles. The number of hydrogen-bond acceptors (Lipinski definition) is 5. The number of hydrogen-bond donors (Lipinski definition) is 0. The predicted molar refractivity (Wildman–Crippen MR) is 134 cm³/mol. The molecule has 0 radical (unpaired) electrons. The molecule has 2 aliphatic heterocycles. The van der Waals surface area contributed by atoms with Crippen molar-refractivity contribution >= 4 is 0 Å². The summed E-state index contributed by atoms with van der Waals surface area (Å²) in [7, 11) is 3.41. The average Bonchev–Trinajstić information content (AvgIpc) is 3.42. The molecule has 2 aliphatic rings. The second kappa shape index (κ2) is 10.4. The normalized spacial score (nSPS) is 19.8. The molecule has 0 aliphatic carbocycles. The summed E-state index contributed by atoms with van der Waals surface area (Å²) in [5, 5.41) is 0. The van der Waals surface area contributed by atoms with Gasteiger partial charge in [-0.2, -0.15) is 0 Å². The Bertz CT molecular complexity index is 1090. The van der Waals surface area contributed by atoms with Gasteiger partial charge >= 0.3 is 0 Å². The van der Waals surface area contributed by atoms with Gasteiger partial charge < -0.3 is 18.9 Å². The monoisotopic (exact) mass is 459 g/mol. The Morgan fingerprint density at radius 1 is 0.824 bits per heavy atom. The maximum atomic E-state index is 6.22. The van der Waals surface area contributed by atoms with Crippen LogP contribution in [0.2, 0.25) is 0 Å². The summed E-state index contributed by atoms with van der Waals surface area (Å²) in [5.41, 5.74) is 3.57. The van der Waals surface area contributed by atoms with Crippen LogP contribution < -0.4 is 18.9 Å². The SMILES string of the molecule is COc1cccc([C@H]2COc3ccc(OC)cc3[C@H]2c2ccc(OCCN3CCCC3)cc2)c1. The number of rotatable bonds is 8. The van der Waals surface area contributed by atoms with Crippen molar-refractivity contribution < 1.29 is 18.9 Å². The van der Waals surface area contributed by atoms with Crippen LogP contribution in [0.1, 0.15) is 41.4 Å². The lowest BCUT2D eigenvalue weighted by Gasteiger charge is -2.35. The van der Waals surface area contributed by atoms with Gasteiger partial charge in [0.25, 0.3) is 0 Å². The minimum absolute atomic E-state index is 0.129. The Morgan fingerprint density at radius 3 is 2.32 bits per heavy atom. The van der Waals surface area contributed by atoms with Crippen molar-refractivity contribution in [3.8, 4) is 23.0 Å². The highest BCUT2D eigenvalue weighted by atomic mass is 16.5. The lowest BCUT2D eigenvalue weighted by atomic mass is 9.76. The third-order valence-electron chi connectivity index (χ3n) is 7.01. The van der Waals surface area contributed by atoms with Gasteiger partial charge in [-0.05, 0) is 79.5 Å². The van der Waals surface area contributed by atoms with E-state index in [-0.39, 0.29) is 11.8 Å². The van der Waals surface area contributed by atoms with E-state index in [9.17, 15) is 0 Å². The van der Waals surface area contributed by atoms with Crippen molar-refractivity contribution in [3.63, 3.8) is 0 Å². The molecular weight excluding hydrogens is 426 g/mol. The van der Waals surface area contributed by atoms with E-state index in [4.69, 9.17) is 18.9 Å². The average molecular weight is 460 g/mol. The van der Waals surface area contributed by atoms with E-state index in [0.717, 1.165) is 41.7 Å². The van der Waals surface area contributed by atoms with E-state index in [1.807, 2.05) is 24.3 Å². The zero-order chi connectivity index (χ0) is 23.3. The molecule has 2 heterocycles. The zero-order valence-corrected chi connectivity index (χ0v) is 20.0. The standard InChI is InChI=1S/C29H33NO4/c1-31-24-7-5-6-22(18-24)27-20-34-28-13-12-25(32-2)19-26(28)29(27)21-8-10-23(11-9-21)33-17-16-30-14-3-4-15-30/h5-13,18-19,27,29H,3-4,14-17,20H2,1-2H3/t27-,29-/m1/s1. The van der Waals surface area contributed by atoms with Crippen molar-refractivity contribution in [1.82, 2.24) is 4.90 Å². The van der Waals surface area contributed by atoms with E-state index in [1.165, 1.54) is 37.1 Å². The highest BCUT2D eigenvalue weighted by Crippen LogP contribution is 2.47. The Morgan fingerprint density at radius 2 is 1.56 bits per heavy atom. The summed E-state index contributed by atoms with van der Waals surface area (Å²) in [6.45, 7) is 4.71. The van der Waals surface area contributed by atoms with E-state index in [0.29, 0.717) is 6.61 Å². The second-order valence-corrected chi connectivity index (χ2v) is 9.04. The van der Waals surface area contributed by atoms with Gasteiger partial charge in [0.1, 0.15) is 29.6 Å². The Kier molecular flexibility index (Phi) is 6.91. The lowest BCUT2D eigenvalue weighted by molar-refractivity contribution is 0.237. The van der Waals surface area contributed by atoms with Gasteiger partial charge in [-0.15, -0.1) is 0 Å². The molecule has 1 saturated heterocycles. The number of likely N-dealkylation sites (tertiary alicyclic amines) is 1. The molecule has 5 heteroatoms. The molecule has 0 saturated carbocycles. The number of ether oxygens (including phenoxy) is 4. The van der Waals surface area contributed by atoms with Crippen molar-refractivity contribution in [2.24, 2.45) is 0 Å². The van der Waals surface area contributed by atoms with Crippen LogP contribution in [0.3, 0.4) is 0 Å². The van der Waals surface area contributed by atoms with Crippen LogP contribution in [0.25, 0.3) is 0 Å². The van der Waals surface area contributed by atoms with Gasteiger partial charge in [0.05, 0.1) is 20.8 Å². The topological polar surface area (TPSA) is 40.2 Å². The van der Waals surface area contributed by atoms with Crippen LogP contribution in [-0.4, -0.2) is 52.0 Å². The maximum absolute atomic E-state index is 6.22. The van der Waals surface area contributed by atoms with Crippen molar-refractivity contribution in [2.45, 2.75) is 24.7 Å². The molecule has 0 spiro atoms. The molecule has 0 unspecified atom stereocenters. The van der Waals surface area contributed by atoms with Crippen LogP contribution in [0.5, 0.6) is 23.0 Å². The Hall–Kier alpha value is -3.18. The molecule has 0 N–H and O–H groups in total. The van der Waals surface area contributed by atoms with Gasteiger partial charge in [0.15, 0.2) is 0 Å². The fourth-order valence-corrected chi connectivity index (χ4v) is 5.16. The summed E-state index contributed by atoms with van der Waals surface area (Å²) in [6, 6.07) is 22.9. The largest absolute Gasteiger partial charge is 0.497 e. The van der Waals surface area contributed by atoms with Gasteiger partial charge in [-0.25, -0.2) is 0 Å². The first kappa shape index (κ1) is 22.6. The molecular formula is C29H33NO4. The molecule has 0 aromatic heterocycles. The molecule has 0 amide bonds. The first-order valence-electron chi connectivity index (χ1n) is 12.1.